The summed E-state index contributed by atoms with van der Waals surface area (Å²) >= 11 is 1.84. The summed E-state index contributed by atoms with van der Waals surface area (Å²) in [5, 5.41) is 3.30. The van der Waals surface area contributed by atoms with Crippen LogP contribution in [0.2, 0.25) is 0 Å². The summed E-state index contributed by atoms with van der Waals surface area (Å²) in [5.41, 5.74) is 1.37. The van der Waals surface area contributed by atoms with Gasteiger partial charge in [-0.25, -0.2) is 0 Å². The van der Waals surface area contributed by atoms with Gasteiger partial charge in [0, 0.05) is 37.1 Å². The van der Waals surface area contributed by atoms with Crippen molar-refractivity contribution in [1.82, 2.24) is 5.32 Å². The average molecular weight is 229 g/mol. The largest absolute Gasteiger partial charge is 0.355 e. The second-order valence-corrected chi connectivity index (χ2v) is 4.82. The van der Waals surface area contributed by atoms with Gasteiger partial charge in [-0.1, -0.05) is 0 Å². The first-order valence-corrected chi connectivity index (χ1v) is 5.81. The number of aryl methyl sites for hydroxylation is 2. The van der Waals surface area contributed by atoms with Gasteiger partial charge in [0.15, 0.2) is 6.29 Å². The lowest BCUT2D eigenvalue weighted by Crippen LogP contribution is -2.29. The lowest BCUT2D eigenvalue weighted by molar-refractivity contribution is -0.0988. The Morgan fingerprint density at radius 1 is 1.33 bits per heavy atom. The van der Waals surface area contributed by atoms with Gasteiger partial charge in [0.1, 0.15) is 0 Å². The molecule has 0 aliphatic heterocycles. The van der Waals surface area contributed by atoms with Gasteiger partial charge < -0.3 is 14.8 Å². The Labute approximate surface area is 95.4 Å². The number of nitrogens with one attached hydrogen (secondary N) is 1. The third kappa shape index (κ3) is 3.91. The van der Waals surface area contributed by atoms with Gasteiger partial charge >= 0.3 is 0 Å². The smallest absolute Gasteiger partial charge is 0.169 e. The molecule has 1 N–H and O–H groups in total. The minimum Gasteiger partial charge on any atom is -0.355 e. The summed E-state index contributed by atoms with van der Waals surface area (Å²) in [6, 6.07) is 2.22. The minimum atomic E-state index is -0.160. The van der Waals surface area contributed by atoms with Gasteiger partial charge in [-0.2, -0.15) is 0 Å². The highest BCUT2D eigenvalue weighted by Gasteiger charge is 2.05. The summed E-state index contributed by atoms with van der Waals surface area (Å²) in [6.45, 7) is 5.88. The molecule has 4 heteroatoms. The lowest BCUT2D eigenvalue weighted by atomic mass is 10.3. The van der Waals surface area contributed by atoms with Crippen molar-refractivity contribution in [2.24, 2.45) is 0 Å². The van der Waals surface area contributed by atoms with E-state index in [-0.39, 0.29) is 6.29 Å². The number of thiophene rings is 1. The first-order valence-electron chi connectivity index (χ1n) is 4.99. The highest BCUT2D eigenvalue weighted by molar-refractivity contribution is 7.12. The number of hydrogen-bond acceptors (Lipinski definition) is 4. The van der Waals surface area contributed by atoms with E-state index < -0.39 is 0 Å². The van der Waals surface area contributed by atoms with Crippen LogP contribution in [0.25, 0.3) is 0 Å². The molecule has 1 aromatic rings. The Bertz CT molecular complexity index is 275. The minimum absolute atomic E-state index is 0.160. The van der Waals surface area contributed by atoms with Crippen molar-refractivity contribution in [2.75, 3.05) is 20.8 Å². The van der Waals surface area contributed by atoms with Crippen molar-refractivity contribution in [3.05, 3.63) is 21.4 Å². The Hall–Kier alpha value is -0.420. The Balaban J connectivity index is 2.31. The van der Waals surface area contributed by atoms with Gasteiger partial charge in [0.05, 0.1) is 0 Å². The van der Waals surface area contributed by atoms with E-state index >= 15 is 0 Å². The lowest BCUT2D eigenvalue weighted by Gasteiger charge is -2.13. The van der Waals surface area contributed by atoms with E-state index in [1.165, 1.54) is 15.3 Å². The Morgan fingerprint density at radius 2 is 2.00 bits per heavy atom. The van der Waals surface area contributed by atoms with Gasteiger partial charge in [-0.15, -0.1) is 11.3 Å². The standard InChI is InChI=1S/C11H19NO2S/c1-8-5-10(15-9(8)2)6-12-7-11(13-3)14-4/h5,11-12H,6-7H2,1-4H3. The maximum Gasteiger partial charge on any atom is 0.169 e. The summed E-state index contributed by atoms with van der Waals surface area (Å²) in [6.07, 6.45) is -0.160. The second-order valence-electron chi connectivity index (χ2n) is 3.48. The fourth-order valence-electron chi connectivity index (χ4n) is 1.31. The number of rotatable bonds is 6. The molecule has 0 atom stereocenters. The van der Waals surface area contributed by atoms with E-state index in [0.29, 0.717) is 6.54 Å². The molecule has 1 rings (SSSR count). The monoisotopic (exact) mass is 229 g/mol. The predicted octanol–water partition coefficient (Wildman–Crippen LogP) is 2.07. The Kier molecular flexibility index (Phi) is 5.25. The Morgan fingerprint density at radius 3 is 2.47 bits per heavy atom. The van der Waals surface area contributed by atoms with Crippen LogP contribution in [0, 0.1) is 13.8 Å². The molecule has 15 heavy (non-hydrogen) atoms. The zero-order valence-electron chi connectivity index (χ0n) is 9.79. The summed E-state index contributed by atoms with van der Waals surface area (Å²) < 4.78 is 10.2. The average Bonchev–Trinajstić information content (AvgIpc) is 2.53. The second kappa shape index (κ2) is 6.23. The molecule has 0 aliphatic carbocycles. The number of ether oxygens (including phenoxy) is 2. The van der Waals surface area contributed by atoms with Crippen LogP contribution in [0.15, 0.2) is 6.07 Å². The molecule has 0 fully saturated rings. The number of methoxy groups -OCH3 is 2. The van der Waals surface area contributed by atoms with Crippen LogP contribution < -0.4 is 5.32 Å². The van der Waals surface area contributed by atoms with Crippen molar-refractivity contribution >= 4 is 11.3 Å². The van der Waals surface area contributed by atoms with Crippen molar-refractivity contribution in [2.45, 2.75) is 26.7 Å². The molecule has 1 heterocycles. The topological polar surface area (TPSA) is 30.5 Å². The van der Waals surface area contributed by atoms with E-state index in [1.54, 1.807) is 14.2 Å². The predicted molar refractivity (Wildman–Crippen MR) is 63.3 cm³/mol. The molecule has 0 saturated carbocycles. The zero-order chi connectivity index (χ0) is 11.3. The maximum absolute atomic E-state index is 5.09. The third-order valence-corrected chi connectivity index (χ3v) is 3.51. The molecule has 86 valence electrons. The molecule has 0 saturated heterocycles. The van der Waals surface area contributed by atoms with E-state index in [0.717, 1.165) is 6.54 Å². The van der Waals surface area contributed by atoms with E-state index in [2.05, 4.69) is 25.2 Å². The molecule has 3 nitrogen and oxygen atoms in total. The van der Waals surface area contributed by atoms with Crippen LogP contribution in [-0.4, -0.2) is 27.1 Å². The van der Waals surface area contributed by atoms with Crippen LogP contribution in [0.1, 0.15) is 15.3 Å². The highest BCUT2D eigenvalue weighted by atomic mass is 32.1. The van der Waals surface area contributed by atoms with Gasteiger partial charge in [-0.3, -0.25) is 0 Å². The maximum atomic E-state index is 5.09. The molecule has 0 aliphatic rings. The molecule has 0 radical (unpaired) electrons. The van der Waals surface area contributed by atoms with Crippen LogP contribution >= 0.6 is 11.3 Å². The SMILES string of the molecule is COC(CNCc1cc(C)c(C)s1)OC. The van der Waals surface area contributed by atoms with Gasteiger partial charge in [0.25, 0.3) is 0 Å². The van der Waals surface area contributed by atoms with Crippen molar-refractivity contribution in [3.63, 3.8) is 0 Å². The molecular weight excluding hydrogens is 210 g/mol. The van der Waals surface area contributed by atoms with E-state index in [1.807, 2.05) is 11.3 Å². The van der Waals surface area contributed by atoms with E-state index in [9.17, 15) is 0 Å². The third-order valence-electron chi connectivity index (χ3n) is 2.35. The fraction of sp³-hybridized carbons (Fsp3) is 0.636. The molecule has 0 bridgehead atoms. The van der Waals surface area contributed by atoms with Gasteiger partial charge in [-0.05, 0) is 25.5 Å². The highest BCUT2D eigenvalue weighted by Crippen LogP contribution is 2.20. The van der Waals surface area contributed by atoms with Crippen LogP contribution in [0.5, 0.6) is 0 Å². The zero-order valence-corrected chi connectivity index (χ0v) is 10.6. The van der Waals surface area contributed by atoms with E-state index in [4.69, 9.17) is 9.47 Å². The first kappa shape index (κ1) is 12.6. The summed E-state index contributed by atoms with van der Waals surface area (Å²) in [7, 11) is 3.30. The summed E-state index contributed by atoms with van der Waals surface area (Å²) in [4.78, 5) is 2.75. The quantitative estimate of drug-likeness (QED) is 0.758. The fourth-order valence-corrected chi connectivity index (χ4v) is 2.34. The first-order chi connectivity index (χ1) is 7.17. The molecule has 0 aromatic carbocycles. The number of hydrogen-bond donors (Lipinski definition) is 1. The van der Waals surface area contributed by atoms with Crippen LogP contribution in [0.4, 0.5) is 0 Å². The van der Waals surface area contributed by atoms with Crippen molar-refractivity contribution in [3.8, 4) is 0 Å². The van der Waals surface area contributed by atoms with Crippen molar-refractivity contribution in [1.29, 1.82) is 0 Å². The molecule has 0 spiro atoms. The van der Waals surface area contributed by atoms with Crippen molar-refractivity contribution < 1.29 is 9.47 Å². The van der Waals surface area contributed by atoms with Crippen LogP contribution in [-0.2, 0) is 16.0 Å². The van der Waals surface area contributed by atoms with Gasteiger partial charge in [0.2, 0.25) is 0 Å². The van der Waals surface area contributed by atoms with Crippen LogP contribution in [0.3, 0.4) is 0 Å². The molecule has 1 aromatic heterocycles. The molecular formula is C11H19NO2S. The summed E-state index contributed by atoms with van der Waals surface area (Å²) in [5.74, 6) is 0. The normalized spacial score (nSPS) is 11.3. The molecule has 0 unspecified atom stereocenters. The molecule has 0 amide bonds.